The number of hydrogen-bond donors (Lipinski definition) is 2. The SMILES string of the molecule is O=C(NC(Cc1ccccc1)C(=O)NCC(c1ccco1)N1CCCC1)c1ccco1. The summed E-state index contributed by atoms with van der Waals surface area (Å²) in [6.45, 7) is 2.36. The summed E-state index contributed by atoms with van der Waals surface area (Å²) in [5.74, 6) is 0.362. The van der Waals surface area contributed by atoms with E-state index in [9.17, 15) is 9.59 Å². The number of amides is 2. The first kappa shape index (κ1) is 20.9. The first-order valence-corrected chi connectivity index (χ1v) is 10.6. The van der Waals surface area contributed by atoms with E-state index in [1.54, 1.807) is 18.4 Å². The number of likely N-dealkylation sites (tertiary alicyclic amines) is 1. The molecule has 1 aliphatic rings. The van der Waals surface area contributed by atoms with Crippen LogP contribution in [0.5, 0.6) is 0 Å². The Labute approximate surface area is 181 Å². The predicted molar refractivity (Wildman–Crippen MR) is 115 cm³/mol. The van der Waals surface area contributed by atoms with Gasteiger partial charge in [0.2, 0.25) is 5.91 Å². The van der Waals surface area contributed by atoms with E-state index in [-0.39, 0.29) is 17.7 Å². The van der Waals surface area contributed by atoms with Crippen LogP contribution in [0.3, 0.4) is 0 Å². The molecule has 1 aromatic carbocycles. The smallest absolute Gasteiger partial charge is 0.287 e. The van der Waals surface area contributed by atoms with E-state index < -0.39 is 11.9 Å². The van der Waals surface area contributed by atoms with Crippen LogP contribution in [0.1, 0.15) is 40.8 Å². The highest BCUT2D eigenvalue weighted by atomic mass is 16.3. The maximum atomic E-state index is 13.1. The molecule has 0 radical (unpaired) electrons. The van der Waals surface area contributed by atoms with Crippen LogP contribution in [0.2, 0.25) is 0 Å². The van der Waals surface area contributed by atoms with Gasteiger partial charge < -0.3 is 19.5 Å². The second-order valence-corrected chi connectivity index (χ2v) is 7.71. The number of furan rings is 2. The van der Waals surface area contributed by atoms with Crippen LogP contribution < -0.4 is 10.6 Å². The van der Waals surface area contributed by atoms with Gasteiger partial charge in [0.25, 0.3) is 5.91 Å². The molecule has 0 saturated carbocycles. The standard InChI is InChI=1S/C24H27N3O4/c28-23(25-17-20(21-10-6-14-30-21)27-12-4-5-13-27)19(16-18-8-2-1-3-9-18)26-24(29)22-11-7-15-31-22/h1-3,6-11,14-15,19-20H,4-5,12-13,16-17H2,(H,25,28)(H,26,29). The Kier molecular flexibility index (Phi) is 6.84. The monoisotopic (exact) mass is 421 g/mol. The summed E-state index contributed by atoms with van der Waals surface area (Å²) in [4.78, 5) is 28.0. The first-order chi connectivity index (χ1) is 15.2. The minimum atomic E-state index is -0.726. The van der Waals surface area contributed by atoms with Crippen molar-refractivity contribution in [3.05, 3.63) is 84.2 Å². The molecule has 2 unspecified atom stereocenters. The molecule has 1 saturated heterocycles. The summed E-state index contributed by atoms with van der Waals surface area (Å²) < 4.78 is 10.8. The summed E-state index contributed by atoms with van der Waals surface area (Å²) >= 11 is 0. The van der Waals surface area contributed by atoms with Gasteiger partial charge in [0.1, 0.15) is 11.8 Å². The van der Waals surface area contributed by atoms with Gasteiger partial charge in [-0.15, -0.1) is 0 Å². The Hall–Kier alpha value is -3.32. The number of benzene rings is 1. The molecule has 3 heterocycles. The average molecular weight is 421 g/mol. The first-order valence-electron chi connectivity index (χ1n) is 10.6. The summed E-state index contributed by atoms with van der Waals surface area (Å²) in [6.07, 6.45) is 5.75. The van der Waals surface area contributed by atoms with E-state index in [4.69, 9.17) is 8.83 Å². The van der Waals surface area contributed by atoms with Gasteiger partial charge >= 0.3 is 0 Å². The largest absolute Gasteiger partial charge is 0.468 e. The summed E-state index contributed by atoms with van der Waals surface area (Å²) in [7, 11) is 0. The van der Waals surface area contributed by atoms with E-state index in [1.165, 1.54) is 6.26 Å². The fourth-order valence-corrected chi connectivity index (χ4v) is 3.96. The van der Waals surface area contributed by atoms with E-state index in [0.717, 1.165) is 37.3 Å². The van der Waals surface area contributed by atoms with Gasteiger partial charge in [0.05, 0.1) is 18.6 Å². The summed E-state index contributed by atoms with van der Waals surface area (Å²) in [5.41, 5.74) is 0.963. The molecule has 2 atom stereocenters. The predicted octanol–water partition coefficient (Wildman–Crippen LogP) is 3.17. The van der Waals surface area contributed by atoms with Crippen LogP contribution >= 0.6 is 0 Å². The Morgan fingerprint density at radius 2 is 1.68 bits per heavy atom. The van der Waals surface area contributed by atoms with Crippen LogP contribution in [0.15, 0.2) is 76.0 Å². The average Bonchev–Trinajstić information content (AvgIpc) is 3.58. The van der Waals surface area contributed by atoms with Crippen molar-refractivity contribution in [3.8, 4) is 0 Å². The third-order valence-corrected chi connectivity index (χ3v) is 5.57. The minimum Gasteiger partial charge on any atom is -0.468 e. The molecule has 31 heavy (non-hydrogen) atoms. The van der Waals surface area contributed by atoms with E-state index in [2.05, 4.69) is 15.5 Å². The number of nitrogens with zero attached hydrogens (tertiary/aromatic N) is 1. The van der Waals surface area contributed by atoms with Gasteiger partial charge in [0.15, 0.2) is 5.76 Å². The molecule has 162 valence electrons. The lowest BCUT2D eigenvalue weighted by Crippen LogP contribution is -2.49. The third kappa shape index (κ3) is 5.44. The van der Waals surface area contributed by atoms with Gasteiger partial charge in [-0.25, -0.2) is 0 Å². The number of carbonyl (C=O) groups is 2. The molecule has 1 aliphatic heterocycles. The fourth-order valence-electron chi connectivity index (χ4n) is 3.96. The molecule has 7 nitrogen and oxygen atoms in total. The quantitative estimate of drug-likeness (QED) is 0.554. The van der Waals surface area contributed by atoms with Crippen molar-refractivity contribution in [1.82, 2.24) is 15.5 Å². The van der Waals surface area contributed by atoms with Crippen molar-refractivity contribution in [1.29, 1.82) is 0 Å². The molecule has 2 aromatic heterocycles. The Balaban J connectivity index is 1.45. The van der Waals surface area contributed by atoms with Gasteiger partial charge in [0, 0.05) is 13.0 Å². The number of rotatable bonds is 9. The normalized spacial score (nSPS) is 16.0. The van der Waals surface area contributed by atoms with Gasteiger partial charge in [-0.05, 0) is 55.8 Å². The van der Waals surface area contributed by atoms with Crippen LogP contribution in [0.4, 0.5) is 0 Å². The zero-order valence-corrected chi connectivity index (χ0v) is 17.3. The van der Waals surface area contributed by atoms with Crippen LogP contribution in [0, 0.1) is 0 Å². The number of carbonyl (C=O) groups excluding carboxylic acids is 2. The van der Waals surface area contributed by atoms with Gasteiger partial charge in [-0.1, -0.05) is 30.3 Å². The molecule has 2 amide bonds. The maximum Gasteiger partial charge on any atom is 0.287 e. The molecule has 4 rings (SSSR count). The van der Waals surface area contributed by atoms with Crippen molar-refractivity contribution >= 4 is 11.8 Å². The van der Waals surface area contributed by atoms with Crippen LogP contribution in [-0.4, -0.2) is 42.4 Å². The zero-order valence-electron chi connectivity index (χ0n) is 17.3. The lowest BCUT2D eigenvalue weighted by atomic mass is 10.0. The molecule has 3 aromatic rings. The van der Waals surface area contributed by atoms with Gasteiger partial charge in [-0.3, -0.25) is 14.5 Å². The Morgan fingerprint density at radius 3 is 2.35 bits per heavy atom. The van der Waals surface area contributed by atoms with Crippen molar-refractivity contribution in [2.24, 2.45) is 0 Å². The maximum absolute atomic E-state index is 13.1. The highest BCUT2D eigenvalue weighted by Crippen LogP contribution is 2.25. The second-order valence-electron chi connectivity index (χ2n) is 7.71. The molecule has 0 spiro atoms. The molecule has 0 bridgehead atoms. The number of hydrogen-bond acceptors (Lipinski definition) is 5. The second kappa shape index (κ2) is 10.1. The Bertz CT molecular complexity index is 948. The minimum absolute atomic E-state index is 0.0281. The van der Waals surface area contributed by atoms with Crippen LogP contribution in [-0.2, 0) is 11.2 Å². The van der Waals surface area contributed by atoms with Crippen molar-refractivity contribution < 1.29 is 18.4 Å². The molecular formula is C24H27N3O4. The molecular weight excluding hydrogens is 394 g/mol. The molecule has 1 fully saturated rings. The highest BCUT2D eigenvalue weighted by Gasteiger charge is 2.28. The third-order valence-electron chi connectivity index (χ3n) is 5.57. The van der Waals surface area contributed by atoms with Crippen molar-refractivity contribution in [3.63, 3.8) is 0 Å². The highest BCUT2D eigenvalue weighted by molar-refractivity contribution is 5.95. The fraction of sp³-hybridized carbons (Fsp3) is 0.333. The lowest BCUT2D eigenvalue weighted by Gasteiger charge is -2.27. The van der Waals surface area contributed by atoms with Gasteiger partial charge in [-0.2, -0.15) is 0 Å². The van der Waals surface area contributed by atoms with E-state index in [1.807, 2.05) is 42.5 Å². The molecule has 0 aliphatic carbocycles. The van der Waals surface area contributed by atoms with Crippen molar-refractivity contribution in [2.45, 2.75) is 31.3 Å². The summed E-state index contributed by atoms with van der Waals surface area (Å²) in [6, 6.07) is 15.9. The van der Waals surface area contributed by atoms with E-state index in [0.29, 0.717) is 13.0 Å². The lowest BCUT2D eigenvalue weighted by molar-refractivity contribution is -0.123. The molecule has 7 heteroatoms. The number of nitrogens with one attached hydrogen (secondary N) is 2. The van der Waals surface area contributed by atoms with E-state index >= 15 is 0 Å². The molecule has 2 N–H and O–H groups in total. The van der Waals surface area contributed by atoms with Crippen molar-refractivity contribution in [2.75, 3.05) is 19.6 Å². The topological polar surface area (TPSA) is 87.7 Å². The zero-order chi connectivity index (χ0) is 21.5. The Morgan fingerprint density at radius 1 is 0.935 bits per heavy atom. The summed E-state index contributed by atoms with van der Waals surface area (Å²) in [5, 5.41) is 5.85. The van der Waals surface area contributed by atoms with Crippen LogP contribution in [0.25, 0.3) is 0 Å².